The van der Waals surface area contributed by atoms with Crippen LogP contribution in [0.3, 0.4) is 0 Å². The van der Waals surface area contributed by atoms with Crippen LogP contribution in [0.1, 0.15) is 59.6 Å². The molecule has 0 aliphatic heterocycles. The number of carbonyl (C=O) groups excluding carboxylic acids is 1. The number of amides is 1. The van der Waals surface area contributed by atoms with E-state index in [0.29, 0.717) is 33.6 Å². The van der Waals surface area contributed by atoms with Gasteiger partial charge < -0.3 is 19.2 Å². The number of pyridine rings is 1. The Balaban J connectivity index is 1.62. The maximum Gasteiger partial charge on any atom is 0.269 e. The molecule has 2 atom stereocenters. The molecule has 246 valence electrons. The smallest absolute Gasteiger partial charge is 0.269 e. The van der Waals surface area contributed by atoms with Gasteiger partial charge in [0.05, 0.1) is 41.7 Å². The fraction of sp³-hybridized carbons (Fsp3) is 0.424. The lowest BCUT2D eigenvalue weighted by Crippen LogP contribution is -2.49. The van der Waals surface area contributed by atoms with Crippen molar-refractivity contribution in [1.82, 2.24) is 24.7 Å². The Kier molecular flexibility index (Phi) is 11.7. The summed E-state index contributed by atoms with van der Waals surface area (Å²) >= 11 is 5.98. The molecule has 4 aromatic rings. The van der Waals surface area contributed by atoms with Crippen molar-refractivity contribution < 1.29 is 18.7 Å². The van der Waals surface area contributed by atoms with Gasteiger partial charge in [-0.25, -0.2) is 19.6 Å². The standard InChI is InChI=1S/C33H39ClN8O4Si/c1-20(2)47(21(3)4,22(5)6)45-17-23(7)44-18-28(32(43)41-29-12-11-26(34)15-37-29)46-33-27-16-40-42(31(27)38-19-39-33)30-24(13-35)9-8-10-25(30)14-36/h8-12,15-16,19-23,28H,17-18H2,1-7H3,(H,37,41,43). The molecule has 0 aliphatic carbocycles. The van der Waals surface area contributed by atoms with Crippen LogP contribution in [-0.2, 0) is 14.0 Å². The molecule has 47 heavy (non-hydrogen) atoms. The molecule has 0 spiro atoms. The largest absolute Gasteiger partial charge is 0.461 e. The van der Waals surface area contributed by atoms with Gasteiger partial charge in [0, 0.05) is 6.20 Å². The van der Waals surface area contributed by atoms with Gasteiger partial charge in [0.15, 0.2) is 14.0 Å². The highest BCUT2D eigenvalue weighted by atomic mass is 35.5. The summed E-state index contributed by atoms with van der Waals surface area (Å²) in [6, 6.07) is 12.2. The number of halogens is 1. The molecule has 0 saturated heterocycles. The summed E-state index contributed by atoms with van der Waals surface area (Å²) in [5.41, 5.74) is 2.28. The lowest BCUT2D eigenvalue weighted by Gasteiger charge is -2.42. The van der Waals surface area contributed by atoms with E-state index in [1.807, 2.05) is 6.92 Å². The zero-order valence-corrected chi connectivity index (χ0v) is 29.3. The average Bonchev–Trinajstić information content (AvgIpc) is 3.47. The third kappa shape index (κ3) is 7.77. The van der Waals surface area contributed by atoms with Crippen molar-refractivity contribution in [1.29, 1.82) is 10.5 Å². The first-order chi connectivity index (χ1) is 22.4. The van der Waals surface area contributed by atoms with Gasteiger partial charge in [0.2, 0.25) is 12.0 Å². The van der Waals surface area contributed by atoms with Crippen molar-refractivity contribution in [3.05, 3.63) is 65.2 Å². The number of hydrogen-bond acceptors (Lipinski definition) is 10. The number of rotatable bonds is 14. The number of anilines is 1. The summed E-state index contributed by atoms with van der Waals surface area (Å²) in [5, 5.41) is 27.4. The normalized spacial score (nSPS) is 13.0. The second-order valence-corrected chi connectivity index (χ2v) is 18.0. The number of ether oxygens (including phenoxy) is 2. The molecule has 14 heteroatoms. The third-order valence-corrected chi connectivity index (χ3v) is 14.5. The van der Waals surface area contributed by atoms with Crippen molar-refractivity contribution in [3.8, 4) is 23.7 Å². The van der Waals surface area contributed by atoms with Crippen molar-refractivity contribution in [2.45, 2.75) is 77.3 Å². The quantitative estimate of drug-likeness (QED) is 0.144. The highest BCUT2D eigenvalue weighted by molar-refractivity contribution is 6.77. The number of aromatic nitrogens is 5. The molecule has 0 radical (unpaired) electrons. The van der Waals surface area contributed by atoms with Crippen LogP contribution in [0, 0.1) is 22.7 Å². The minimum Gasteiger partial charge on any atom is -0.461 e. The van der Waals surface area contributed by atoms with E-state index in [-0.39, 0.29) is 46.9 Å². The molecule has 0 aliphatic rings. The summed E-state index contributed by atoms with van der Waals surface area (Å²) in [7, 11) is -2.13. The zero-order chi connectivity index (χ0) is 34.3. The van der Waals surface area contributed by atoms with E-state index in [0.717, 1.165) is 0 Å². The maximum absolute atomic E-state index is 13.6. The van der Waals surface area contributed by atoms with Gasteiger partial charge in [-0.2, -0.15) is 15.6 Å². The van der Waals surface area contributed by atoms with Gasteiger partial charge in [-0.05, 0) is 47.8 Å². The summed E-state index contributed by atoms with van der Waals surface area (Å²) in [6.45, 7) is 15.5. The lowest BCUT2D eigenvalue weighted by molar-refractivity contribution is -0.127. The number of hydrogen-bond donors (Lipinski definition) is 1. The molecule has 0 saturated carbocycles. The molecule has 4 rings (SSSR count). The summed E-state index contributed by atoms with van der Waals surface area (Å²) in [4.78, 5) is 26.4. The van der Waals surface area contributed by atoms with Crippen LogP contribution in [0.5, 0.6) is 5.88 Å². The minimum atomic E-state index is -2.13. The van der Waals surface area contributed by atoms with Gasteiger partial charge in [-0.3, -0.25) is 4.79 Å². The van der Waals surface area contributed by atoms with E-state index in [1.165, 1.54) is 23.4 Å². The number of nitriles is 2. The van der Waals surface area contributed by atoms with Crippen LogP contribution < -0.4 is 10.1 Å². The van der Waals surface area contributed by atoms with Gasteiger partial charge in [-0.15, -0.1) is 0 Å². The van der Waals surface area contributed by atoms with E-state index in [2.05, 4.69) is 79.0 Å². The number of carbonyl (C=O) groups is 1. The summed E-state index contributed by atoms with van der Waals surface area (Å²) in [5.74, 6) is -0.176. The molecule has 1 amide bonds. The van der Waals surface area contributed by atoms with Crippen LogP contribution in [0.15, 0.2) is 49.1 Å². The average molecular weight is 675 g/mol. The van der Waals surface area contributed by atoms with E-state index < -0.39 is 20.3 Å². The molecule has 1 aromatic carbocycles. The predicted molar refractivity (Wildman–Crippen MR) is 181 cm³/mol. The summed E-state index contributed by atoms with van der Waals surface area (Å²) in [6.07, 6.45) is 2.64. The van der Waals surface area contributed by atoms with Gasteiger partial charge >= 0.3 is 0 Å². The Hall–Kier alpha value is -4.40. The molecule has 12 nitrogen and oxygen atoms in total. The molecular formula is C33H39ClN8O4Si. The van der Waals surface area contributed by atoms with Gasteiger partial charge in [0.1, 0.15) is 35.4 Å². The SMILES string of the molecule is CC(CO[Si](C(C)C)(C(C)C)C(C)C)OCC(Oc1ncnc2c1cnn2-c1c(C#N)cccc1C#N)C(=O)Nc1ccc(Cl)cn1. The molecule has 3 heterocycles. The number of para-hydroxylation sites is 1. The van der Waals surface area contributed by atoms with Crippen molar-refractivity contribution in [2.24, 2.45) is 0 Å². The maximum atomic E-state index is 13.6. The third-order valence-electron chi connectivity index (χ3n) is 8.15. The van der Waals surface area contributed by atoms with E-state index in [1.54, 1.807) is 30.3 Å². The van der Waals surface area contributed by atoms with Crippen LogP contribution in [0.25, 0.3) is 16.7 Å². The summed E-state index contributed by atoms with van der Waals surface area (Å²) < 4.78 is 20.5. The van der Waals surface area contributed by atoms with E-state index in [9.17, 15) is 15.3 Å². The monoisotopic (exact) mass is 674 g/mol. The number of fused-ring (bicyclic) bond motifs is 1. The molecule has 2 unspecified atom stereocenters. The topological polar surface area (TPSA) is 161 Å². The number of benzene rings is 1. The number of nitrogens with one attached hydrogen (secondary N) is 1. The first-order valence-corrected chi connectivity index (χ1v) is 17.9. The van der Waals surface area contributed by atoms with E-state index in [4.69, 9.17) is 25.5 Å². The highest BCUT2D eigenvalue weighted by Crippen LogP contribution is 2.42. The minimum absolute atomic E-state index is 0.0664. The molecular weight excluding hydrogens is 636 g/mol. The highest BCUT2D eigenvalue weighted by Gasteiger charge is 2.45. The second kappa shape index (κ2) is 15.5. The van der Waals surface area contributed by atoms with Crippen LogP contribution in [-0.4, -0.2) is 64.4 Å². The molecule has 1 N–H and O–H groups in total. The first-order valence-electron chi connectivity index (χ1n) is 15.4. The van der Waals surface area contributed by atoms with Crippen molar-refractivity contribution in [3.63, 3.8) is 0 Å². The van der Waals surface area contributed by atoms with Gasteiger partial charge in [0.25, 0.3) is 5.91 Å². The second-order valence-electron chi connectivity index (χ2n) is 12.1. The van der Waals surface area contributed by atoms with Crippen molar-refractivity contribution in [2.75, 3.05) is 18.5 Å². The molecule has 0 fully saturated rings. The Morgan fingerprint density at radius 2 is 1.60 bits per heavy atom. The van der Waals surface area contributed by atoms with Crippen LogP contribution in [0.2, 0.25) is 21.6 Å². The molecule has 3 aromatic heterocycles. The predicted octanol–water partition coefficient (Wildman–Crippen LogP) is 6.59. The zero-order valence-electron chi connectivity index (χ0n) is 27.6. The van der Waals surface area contributed by atoms with E-state index >= 15 is 0 Å². The first kappa shape index (κ1) is 35.5. The Morgan fingerprint density at radius 1 is 0.936 bits per heavy atom. The Morgan fingerprint density at radius 3 is 2.17 bits per heavy atom. The van der Waals surface area contributed by atoms with Crippen molar-refractivity contribution >= 4 is 42.7 Å². The fourth-order valence-corrected chi connectivity index (χ4v) is 11.7. The fourth-order valence-electron chi connectivity index (χ4n) is 6.05. The lowest BCUT2D eigenvalue weighted by atomic mass is 10.1. The molecule has 0 bridgehead atoms. The Labute approximate surface area is 280 Å². The van der Waals surface area contributed by atoms with Crippen LogP contribution in [0.4, 0.5) is 5.82 Å². The van der Waals surface area contributed by atoms with Gasteiger partial charge in [-0.1, -0.05) is 59.2 Å². The van der Waals surface area contributed by atoms with Crippen LogP contribution >= 0.6 is 11.6 Å². The number of nitrogens with zero attached hydrogens (tertiary/aromatic N) is 7. The Bertz CT molecular complexity index is 1730.